The van der Waals surface area contributed by atoms with Gasteiger partial charge in [-0.2, -0.15) is 8.88 Å². The second-order valence-corrected chi connectivity index (χ2v) is 18.2. The number of aromatic nitrogens is 5. The largest absolute Gasteiger partial charge is 0.481 e. The zero-order valence-corrected chi connectivity index (χ0v) is 35.9. The highest BCUT2D eigenvalue weighted by atomic mass is 31.3. The van der Waals surface area contributed by atoms with E-state index in [1.54, 1.807) is 0 Å². The van der Waals surface area contributed by atoms with Crippen LogP contribution in [0.5, 0.6) is 0 Å². The van der Waals surface area contributed by atoms with Gasteiger partial charge in [0, 0.05) is 35.7 Å². The summed E-state index contributed by atoms with van der Waals surface area (Å²) >= 11 is 0. The van der Waals surface area contributed by atoms with Crippen LogP contribution in [0.25, 0.3) is 21.6 Å². The highest BCUT2D eigenvalue weighted by molar-refractivity contribution is 7.60. The first-order chi connectivity index (χ1) is 31.1. The lowest BCUT2D eigenvalue weighted by Crippen LogP contribution is -2.46. The van der Waals surface area contributed by atoms with Gasteiger partial charge in [-0.05, 0) is 24.1 Å². The number of pyridine rings is 1. The summed E-state index contributed by atoms with van der Waals surface area (Å²) < 4.78 is 69.3. The number of phosphoric acid groups is 3. The predicted octanol–water partition coefficient (Wildman–Crippen LogP) is 0.200. The molecule has 0 bridgehead atoms. The minimum absolute atomic E-state index is 0.0165. The number of aliphatic hydroxyl groups is 3. The second kappa shape index (κ2) is 20.6. The number of amides is 2. The number of nitrogens with zero attached hydrogens (tertiary/aromatic N) is 9. The summed E-state index contributed by atoms with van der Waals surface area (Å²) in [6.07, 6.45) is -9.35. The van der Waals surface area contributed by atoms with Gasteiger partial charge in [-0.3, -0.25) is 37.8 Å². The van der Waals surface area contributed by atoms with Gasteiger partial charge in [0.1, 0.15) is 48.1 Å². The van der Waals surface area contributed by atoms with E-state index in [-0.39, 0.29) is 59.0 Å². The molecule has 5 heterocycles. The van der Waals surface area contributed by atoms with Crippen LogP contribution in [0.3, 0.4) is 0 Å². The van der Waals surface area contributed by atoms with Crippen LogP contribution in [0, 0.1) is 10.1 Å². The van der Waals surface area contributed by atoms with Crippen molar-refractivity contribution in [2.75, 3.05) is 30.4 Å². The van der Waals surface area contributed by atoms with Crippen molar-refractivity contribution in [3.8, 4) is 0 Å². The monoisotopic (exact) mass is 991 g/mol. The molecule has 2 amide bonds. The standard InChI is InChI=1S/C31H37N12O20P3/c32-27(48)15-3-2-8-41(10-15)30-25(47)23(45)19(60-30)11-58-65(54,55)62-26-24(46)20(12-59-66(56,57)63-64(51,52)53)61-31(26)42-14-37-22-28(35-13-36-29(22)42)38-21(44)4-1-7-34-17-6-5-16(39-40-33)9-18(17)43(49)50/h2-3,5-6,8-10,13-14,19-20,23-26,30-31,34,45-47H,1,4,7,11-12H2,(H6-,32,35,36,38,44,48,51,52,53,54,55,56,57)/p+1/t19-,20-,23-,24-,25-,26-,30-,31-/m1/s1. The SMILES string of the molecule is [N-]=[N+]=Nc1ccc(NCCCC(=O)Nc2ncnc3c2ncn3[C@@H]2O[C@H](COP(=O)(O)OP(=O)(O)O)[C@@H](O)[C@H]2OP(=O)(O)OC[C@H]2O[C@@H]([n+]3cccc(C(N)=O)c3)[C@H](O)[C@@H]2O)c([N+](=O)[O-])c1. The molecule has 66 heavy (non-hydrogen) atoms. The number of carbonyl (C=O) groups excluding carboxylic acids is 2. The van der Waals surface area contributed by atoms with Gasteiger partial charge >= 0.3 is 23.5 Å². The molecule has 0 spiro atoms. The fraction of sp³-hybridized carbons (Fsp3) is 0.419. The normalized spacial score (nSPS) is 24.8. The molecule has 0 aliphatic carbocycles. The van der Waals surface area contributed by atoms with Crippen LogP contribution in [-0.4, -0.2) is 128 Å². The average molecular weight is 992 g/mol. The lowest BCUT2D eigenvalue weighted by molar-refractivity contribution is -0.765. The zero-order valence-electron chi connectivity index (χ0n) is 33.2. The van der Waals surface area contributed by atoms with Crippen molar-refractivity contribution in [2.45, 2.75) is 61.9 Å². The maximum absolute atomic E-state index is 13.5. The van der Waals surface area contributed by atoms with Crippen molar-refractivity contribution in [2.24, 2.45) is 10.8 Å². The van der Waals surface area contributed by atoms with E-state index in [1.165, 1.54) is 41.2 Å². The number of phosphoric ester groups is 2. The summed E-state index contributed by atoms with van der Waals surface area (Å²) in [5, 5.41) is 52.8. The van der Waals surface area contributed by atoms with Crippen molar-refractivity contribution in [3.05, 3.63) is 81.5 Å². The Hall–Kier alpha value is -5.46. The van der Waals surface area contributed by atoms with Gasteiger partial charge in [0.2, 0.25) is 5.91 Å². The molecule has 32 nitrogen and oxygen atoms in total. The lowest BCUT2D eigenvalue weighted by atomic mass is 10.1. The molecule has 1 aromatic carbocycles. The molecule has 2 unspecified atom stereocenters. The number of hydrogen-bond donors (Lipinski definition) is 10. The molecule has 2 fully saturated rings. The molecule has 3 aromatic heterocycles. The summed E-state index contributed by atoms with van der Waals surface area (Å²) in [5.41, 5.74) is 13.4. The molecule has 4 aromatic rings. The zero-order chi connectivity index (χ0) is 48.1. The maximum Gasteiger partial charge on any atom is 0.481 e. The Labute approximate surface area is 368 Å². The quantitative estimate of drug-likeness (QED) is 0.00779. The highest BCUT2D eigenvalue weighted by Gasteiger charge is 2.52. The Kier molecular flexibility index (Phi) is 15.6. The molecule has 0 radical (unpaired) electrons. The number of ether oxygens (including phenoxy) is 2. The first kappa shape index (κ1) is 50.0. The second-order valence-electron chi connectivity index (χ2n) is 13.9. The number of nitro groups is 1. The molecular formula is C31H38N12O20P3+. The summed E-state index contributed by atoms with van der Waals surface area (Å²) in [7, 11) is -16.5. The summed E-state index contributed by atoms with van der Waals surface area (Å²) in [6.45, 7) is -2.02. The van der Waals surface area contributed by atoms with Crippen molar-refractivity contribution in [1.82, 2.24) is 19.5 Å². The number of azide groups is 1. The van der Waals surface area contributed by atoms with Gasteiger partial charge in [0.25, 0.3) is 17.8 Å². The molecule has 0 saturated carbocycles. The summed E-state index contributed by atoms with van der Waals surface area (Å²) in [6, 6.07) is 6.54. The number of fused-ring (bicyclic) bond motifs is 1. The number of nitrogens with two attached hydrogens (primary N) is 1. The van der Waals surface area contributed by atoms with Crippen molar-refractivity contribution >= 4 is 69.3 Å². The van der Waals surface area contributed by atoms with Crippen molar-refractivity contribution in [3.63, 3.8) is 0 Å². The molecule has 356 valence electrons. The third-order valence-electron chi connectivity index (χ3n) is 9.44. The van der Waals surface area contributed by atoms with Crippen LogP contribution in [-0.2, 0) is 45.8 Å². The minimum atomic E-state index is -5.59. The molecule has 11 N–H and O–H groups in total. The van der Waals surface area contributed by atoms with Gasteiger partial charge in [0.15, 0.2) is 41.7 Å². The van der Waals surface area contributed by atoms with Crippen molar-refractivity contribution < 1.29 is 95.0 Å². The topological polar surface area (TPSA) is 472 Å². The van der Waals surface area contributed by atoms with Crippen LogP contribution in [0.2, 0.25) is 0 Å². The van der Waals surface area contributed by atoms with E-state index in [2.05, 4.69) is 44.4 Å². The molecule has 2 saturated heterocycles. The van der Waals surface area contributed by atoms with E-state index < -0.39 is 102 Å². The van der Waals surface area contributed by atoms with Crippen LogP contribution >= 0.6 is 23.5 Å². The fourth-order valence-electron chi connectivity index (χ4n) is 6.51. The number of imidazole rings is 1. The van der Waals surface area contributed by atoms with Gasteiger partial charge < -0.3 is 60.7 Å². The van der Waals surface area contributed by atoms with E-state index in [0.717, 1.165) is 23.3 Å². The Morgan fingerprint density at radius 2 is 1.73 bits per heavy atom. The van der Waals surface area contributed by atoms with Crippen LogP contribution in [0.15, 0.2) is 60.5 Å². The van der Waals surface area contributed by atoms with E-state index in [9.17, 15) is 58.5 Å². The predicted molar refractivity (Wildman–Crippen MR) is 214 cm³/mol. The van der Waals surface area contributed by atoms with Crippen LogP contribution < -0.4 is 20.9 Å². The highest BCUT2D eigenvalue weighted by Crippen LogP contribution is 2.58. The van der Waals surface area contributed by atoms with Gasteiger partial charge in [-0.25, -0.2) is 28.6 Å². The lowest BCUT2D eigenvalue weighted by Gasteiger charge is -2.24. The molecular weight excluding hydrogens is 953 g/mol. The number of anilines is 2. The molecule has 35 heteroatoms. The van der Waals surface area contributed by atoms with E-state index >= 15 is 0 Å². The van der Waals surface area contributed by atoms with Gasteiger partial charge in [-0.15, -0.1) is 0 Å². The third kappa shape index (κ3) is 12.3. The van der Waals surface area contributed by atoms with E-state index in [0.29, 0.717) is 0 Å². The Morgan fingerprint density at radius 3 is 2.41 bits per heavy atom. The number of carbonyl (C=O) groups is 2. The Bertz CT molecular complexity index is 2670. The third-order valence-corrected chi connectivity index (χ3v) is 12.6. The summed E-state index contributed by atoms with van der Waals surface area (Å²) in [5.74, 6) is -1.59. The van der Waals surface area contributed by atoms with Crippen LogP contribution in [0.4, 0.5) is 22.9 Å². The smallest absolute Gasteiger partial charge is 0.387 e. The molecule has 6 rings (SSSR count). The summed E-state index contributed by atoms with van der Waals surface area (Å²) in [4.78, 5) is 89.0. The number of hydrogen-bond acceptors (Lipinski definition) is 21. The molecule has 10 atom stereocenters. The first-order valence-corrected chi connectivity index (χ1v) is 23.2. The van der Waals surface area contributed by atoms with E-state index in [4.69, 9.17) is 39.6 Å². The first-order valence-electron chi connectivity index (χ1n) is 18.7. The fourth-order valence-corrected chi connectivity index (χ4v) is 9.04. The number of nitrogens with one attached hydrogen (secondary N) is 2. The van der Waals surface area contributed by atoms with Crippen molar-refractivity contribution in [1.29, 1.82) is 0 Å². The Balaban J connectivity index is 1.16. The Morgan fingerprint density at radius 1 is 1.02 bits per heavy atom. The van der Waals surface area contributed by atoms with Gasteiger partial charge in [0.05, 0.1) is 24.5 Å². The number of rotatable bonds is 21. The number of aliphatic hydroxyl groups excluding tert-OH is 3. The average Bonchev–Trinajstić information content (AvgIpc) is 3.90. The maximum atomic E-state index is 13.5. The van der Waals surface area contributed by atoms with Crippen LogP contribution in [0.1, 0.15) is 35.7 Å². The number of benzene rings is 1. The number of primary amides is 1. The molecule has 2 aliphatic rings. The van der Waals surface area contributed by atoms with E-state index in [1.807, 2.05) is 0 Å². The minimum Gasteiger partial charge on any atom is -0.387 e. The molecule has 2 aliphatic heterocycles. The van der Waals surface area contributed by atoms with Gasteiger partial charge in [-0.1, -0.05) is 11.2 Å². The number of nitro benzene ring substituents is 1.